The fraction of sp³-hybridized carbons (Fsp3) is 0.444. The maximum atomic E-state index is 13.1. The monoisotopic (exact) mass is 337 g/mol. The minimum absolute atomic E-state index is 0.0132. The van der Waals surface area contributed by atoms with Crippen molar-refractivity contribution in [2.45, 2.75) is 39.8 Å². The summed E-state index contributed by atoms with van der Waals surface area (Å²) in [6.45, 7) is 6.21. The van der Waals surface area contributed by atoms with Crippen LogP contribution in [0.3, 0.4) is 0 Å². The summed E-state index contributed by atoms with van der Waals surface area (Å²) in [5.41, 5.74) is 5.19. The van der Waals surface area contributed by atoms with Crippen molar-refractivity contribution in [3.05, 3.63) is 40.8 Å². The summed E-state index contributed by atoms with van der Waals surface area (Å²) in [4.78, 5) is 19.3. The lowest BCUT2D eigenvalue weighted by Gasteiger charge is -2.30. The Bertz CT molecular complexity index is 905. The number of fused-ring (bicyclic) bond motifs is 4. The van der Waals surface area contributed by atoms with Gasteiger partial charge in [0, 0.05) is 30.5 Å². The summed E-state index contributed by atoms with van der Waals surface area (Å²) in [6.07, 6.45) is 3.68. The molecule has 5 rings (SSSR count). The molecule has 0 aromatic carbocycles. The predicted octanol–water partition coefficient (Wildman–Crippen LogP) is 0.886. The predicted molar refractivity (Wildman–Crippen MR) is 93.9 cm³/mol. The third kappa shape index (κ3) is 2.12. The largest absolute Gasteiger partial charge is 0.491 e. The van der Waals surface area contributed by atoms with Crippen LogP contribution < -0.4 is 10.4 Å². The molecule has 6 nitrogen and oxygen atoms in total. The van der Waals surface area contributed by atoms with Crippen molar-refractivity contribution < 1.29 is 14.5 Å². The molecule has 2 aromatic rings. The number of amides is 1. The molecular weight excluding hydrogens is 317 g/mol. The lowest BCUT2D eigenvalue weighted by molar-refractivity contribution is 0.0963. The van der Waals surface area contributed by atoms with Crippen LogP contribution in [0.25, 0.3) is 0 Å². The van der Waals surface area contributed by atoms with E-state index in [1.807, 2.05) is 0 Å². The van der Waals surface area contributed by atoms with Crippen LogP contribution in [-0.2, 0) is 30.6 Å². The van der Waals surface area contributed by atoms with E-state index < -0.39 is 7.12 Å². The summed E-state index contributed by atoms with van der Waals surface area (Å²) in [7, 11) is -0.925. The molecule has 1 N–H and O–H groups in total. The van der Waals surface area contributed by atoms with E-state index in [0.29, 0.717) is 17.8 Å². The molecule has 3 aliphatic rings. The second-order valence-corrected chi connectivity index (χ2v) is 7.99. The fourth-order valence-corrected chi connectivity index (χ4v) is 4.47. The summed E-state index contributed by atoms with van der Waals surface area (Å²) < 4.78 is 7.50. The Balaban J connectivity index is 1.54. The zero-order valence-corrected chi connectivity index (χ0v) is 14.5. The second kappa shape index (κ2) is 4.96. The van der Waals surface area contributed by atoms with Gasteiger partial charge in [-0.3, -0.25) is 9.69 Å². The van der Waals surface area contributed by atoms with Gasteiger partial charge in [0.1, 0.15) is 11.5 Å². The van der Waals surface area contributed by atoms with Gasteiger partial charge in [0.25, 0.3) is 5.91 Å². The van der Waals surface area contributed by atoms with Crippen molar-refractivity contribution in [1.29, 1.82) is 0 Å². The highest BCUT2D eigenvalue weighted by atomic mass is 16.5. The van der Waals surface area contributed by atoms with E-state index in [9.17, 15) is 9.82 Å². The molecule has 25 heavy (non-hydrogen) atoms. The van der Waals surface area contributed by atoms with Gasteiger partial charge in [-0.1, -0.05) is 13.8 Å². The van der Waals surface area contributed by atoms with Gasteiger partial charge >= 0.3 is 7.12 Å². The molecule has 0 atom stereocenters. The van der Waals surface area contributed by atoms with Gasteiger partial charge in [0.2, 0.25) is 0 Å². The Morgan fingerprint density at radius 3 is 3.00 bits per heavy atom. The zero-order chi connectivity index (χ0) is 17.3. The van der Waals surface area contributed by atoms with Gasteiger partial charge in [-0.15, -0.1) is 0 Å². The average Bonchev–Trinajstić information content (AvgIpc) is 3.19. The first kappa shape index (κ1) is 15.2. The first-order valence-corrected chi connectivity index (χ1v) is 8.75. The number of hydrogen-bond acceptors (Lipinski definition) is 4. The number of carbonyl (C=O) groups is 1. The SMILES string of the molecule is CC1(C)Cc2cc3n(c2C1)CCN(c1nccc2c1COB2O)C3=O. The zero-order valence-electron chi connectivity index (χ0n) is 14.5. The Kier molecular flexibility index (Phi) is 3.01. The van der Waals surface area contributed by atoms with Crippen molar-refractivity contribution in [2.24, 2.45) is 5.41 Å². The van der Waals surface area contributed by atoms with Gasteiger partial charge in [-0.2, -0.15) is 0 Å². The van der Waals surface area contributed by atoms with Gasteiger partial charge in [-0.05, 0) is 41.4 Å². The number of pyridine rings is 1. The number of aromatic nitrogens is 2. The van der Waals surface area contributed by atoms with E-state index in [-0.39, 0.29) is 17.9 Å². The first-order valence-electron chi connectivity index (χ1n) is 8.75. The standard InChI is InChI=1S/C18H20BN3O3/c1-18(2)8-11-7-14-17(23)22(6-5-21(14)15(11)9-18)16-12-10-25-19(24)13(12)3-4-20-16/h3-4,7,24H,5-6,8-10H2,1-2H3. The Labute approximate surface area is 146 Å². The lowest BCUT2D eigenvalue weighted by atomic mass is 9.80. The molecule has 0 fully saturated rings. The smallest absolute Gasteiger partial charge is 0.423 e. The van der Waals surface area contributed by atoms with Crippen LogP contribution in [0.4, 0.5) is 5.82 Å². The van der Waals surface area contributed by atoms with Crippen molar-refractivity contribution in [2.75, 3.05) is 11.4 Å². The average molecular weight is 337 g/mol. The number of anilines is 1. The normalized spacial score (nSPS) is 20.7. The van der Waals surface area contributed by atoms with E-state index in [1.165, 1.54) is 11.3 Å². The van der Waals surface area contributed by atoms with Crippen molar-refractivity contribution >= 4 is 24.3 Å². The molecule has 1 amide bonds. The van der Waals surface area contributed by atoms with Crippen LogP contribution in [0.5, 0.6) is 0 Å². The maximum absolute atomic E-state index is 13.1. The number of nitrogens with zero attached hydrogens (tertiary/aromatic N) is 3. The first-order chi connectivity index (χ1) is 11.9. The van der Waals surface area contributed by atoms with Crippen LogP contribution in [-0.4, -0.2) is 34.1 Å². The molecule has 0 radical (unpaired) electrons. The summed E-state index contributed by atoms with van der Waals surface area (Å²) >= 11 is 0. The molecule has 2 aromatic heterocycles. The number of hydrogen-bond donors (Lipinski definition) is 1. The molecule has 7 heteroatoms. The van der Waals surface area contributed by atoms with Crippen molar-refractivity contribution in [3.8, 4) is 0 Å². The van der Waals surface area contributed by atoms with Gasteiger partial charge < -0.3 is 14.2 Å². The van der Waals surface area contributed by atoms with Crippen LogP contribution in [0.1, 0.15) is 41.2 Å². The van der Waals surface area contributed by atoms with E-state index in [0.717, 1.165) is 30.6 Å². The van der Waals surface area contributed by atoms with Gasteiger partial charge in [-0.25, -0.2) is 4.98 Å². The van der Waals surface area contributed by atoms with Crippen LogP contribution in [0.2, 0.25) is 0 Å². The van der Waals surface area contributed by atoms with E-state index in [1.54, 1.807) is 17.2 Å². The van der Waals surface area contributed by atoms with E-state index in [4.69, 9.17) is 4.65 Å². The van der Waals surface area contributed by atoms with Gasteiger partial charge in [0.15, 0.2) is 0 Å². The third-order valence-electron chi connectivity index (χ3n) is 5.60. The molecule has 0 saturated heterocycles. The highest BCUT2D eigenvalue weighted by Gasteiger charge is 2.38. The highest BCUT2D eigenvalue weighted by molar-refractivity contribution is 6.61. The highest BCUT2D eigenvalue weighted by Crippen LogP contribution is 2.39. The van der Waals surface area contributed by atoms with Crippen molar-refractivity contribution in [3.63, 3.8) is 0 Å². The summed E-state index contributed by atoms with van der Waals surface area (Å²) in [5, 5.41) is 9.90. The molecular formula is C18H20BN3O3. The Hall–Kier alpha value is -2.12. The topological polar surface area (TPSA) is 67.6 Å². The number of carbonyl (C=O) groups excluding carboxylic acids is 1. The summed E-state index contributed by atoms with van der Waals surface area (Å²) in [5.74, 6) is 0.604. The third-order valence-corrected chi connectivity index (χ3v) is 5.60. The molecule has 4 heterocycles. The van der Waals surface area contributed by atoms with Crippen LogP contribution in [0.15, 0.2) is 18.3 Å². The molecule has 0 spiro atoms. The quantitative estimate of drug-likeness (QED) is 0.785. The molecule has 0 bridgehead atoms. The van der Waals surface area contributed by atoms with E-state index >= 15 is 0 Å². The minimum atomic E-state index is -0.925. The maximum Gasteiger partial charge on any atom is 0.491 e. The molecule has 0 unspecified atom stereocenters. The molecule has 2 aliphatic heterocycles. The minimum Gasteiger partial charge on any atom is -0.423 e. The van der Waals surface area contributed by atoms with E-state index in [2.05, 4.69) is 29.5 Å². The lowest BCUT2D eigenvalue weighted by Crippen LogP contribution is -2.42. The van der Waals surface area contributed by atoms with Crippen LogP contribution in [0, 0.1) is 5.41 Å². The molecule has 0 saturated carbocycles. The Morgan fingerprint density at radius 1 is 1.32 bits per heavy atom. The van der Waals surface area contributed by atoms with Crippen molar-refractivity contribution in [1.82, 2.24) is 9.55 Å². The fourth-order valence-electron chi connectivity index (χ4n) is 4.47. The second-order valence-electron chi connectivity index (χ2n) is 7.99. The number of rotatable bonds is 1. The summed E-state index contributed by atoms with van der Waals surface area (Å²) in [6, 6.07) is 3.82. The van der Waals surface area contributed by atoms with Gasteiger partial charge in [0.05, 0.1) is 6.61 Å². The van der Waals surface area contributed by atoms with Crippen LogP contribution >= 0.6 is 0 Å². The Morgan fingerprint density at radius 2 is 2.16 bits per heavy atom. The molecule has 128 valence electrons. The molecule has 1 aliphatic carbocycles.